The summed E-state index contributed by atoms with van der Waals surface area (Å²) < 4.78 is 4.93. The molecule has 0 fully saturated rings. The molecule has 0 aliphatic rings. The Balaban J connectivity index is 3.33. The highest BCUT2D eigenvalue weighted by atomic mass is 16.5. The average molecular weight is 174 g/mol. The summed E-state index contributed by atoms with van der Waals surface area (Å²) in [6, 6.07) is 0. The summed E-state index contributed by atoms with van der Waals surface area (Å²) in [5.74, 6) is 0. The Morgan fingerprint density at radius 2 is 2.00 bits per heavy atom. The van der Waals surface area contributed by atoms with Crippen LogP contribution in [-0.4, -0.2) is 38.9 Å². The van der Waals surface area contributed by atoms with Gasteiger partial charge in [-0.1, -0.05) is 6.92 Å². The third kappa shape index (κ3) is 6.58. The molecule has 0 saturated heterocycles. The molecular formula is C9H22N2O. The van der Waals surface area contributed by atoms with Crippen LogP contribution < -0.4 is 10.6 Å². The summed E-state index contributed by atoms with van der Waals surface area (Å²) in [4.78, 5) is 0. The molecule has 0 aliphatic heterocycles. The van der Waals surface area contributed by atoms with E-state index in [1.807, 2.05) is 0 Å². The zero-order valence-electron chi connectivity index (χ0n) is 8.74. The lowest BCUT2D eigenvalue weighted by Gasteiger charge is -2.26. The second-order valence-corrected chi connectivity index (χ2v) is 3.58. The first-order valence-corrected chi connectivity index (χ1v) is 4.57. The Morgan fingerprint density at radius 1 is 1.33 bits per heavy atom. The Morgan fingerprint density at radius 3 is 2.50 bits per heavy atom. The minimum atomic E-state index is 0.183. The molecule has 0 aliphatic carbocycles. The van der Waals surface area contributed by atoms with Gasteiger partial charge in [-0.25, -0.2) is 0 Å². The van der Waals surface area contributed by atoms with Crippen molar-refractivity contribution in [2.75, 3.05) is 33.4 Å². The van der Waals surface area contributed by atoms with E-state index in [-0.39, 0.29) is 5.54 Å². The molecule has 74 valence electrons. The van der Waals surface area contributed by atoms with Gasteiger partial charge in [0.1, 0.15) is 0 Å². The fraction of sp³-hybridized carbons (Fsp3) is 1.00. The smallest absolute Gasteiger partial charge is 0.0587 e. The minimum absolute atomic E-state index is 0.183. The van der Waals surface area contributed by atoms with E-state index in [0.717, 1.165) is 26.2 Å². The summed E-state index contributed by atoms with van der Waals surface area (Å²) in [5, 5.41) is 6.72. The van der Waals surface area contributed by atoms with Gasteiger partial charge in [0.2, 0.25) is 0 Å². The number of rotatable bonds is 7. The van der Waals surface area contributed by atoms with Crippen LogP contribution in [0.5, 0.6) is 0 Å². The highest BCUT2D eigenvalue weighted by Crippen LogP contribution is 1.97. The van der Waals surface area contributed by atoms with Gasteiger partial charge in [-0.15, -0.1) is 0 Å². The van der Waals surface area contributed by atoms with Gasteiger partial charge in [-0.3, -0.25) is 0 Å². The first-order valence-electron chi connectivity index (χ1n) is 4.57. The van der Waals surface area contributed by atoms with Gasteiger partial charge in [0, 0.05) is 25.7 Å². The van der Waals surface area contributed by atoms with E-state index in [1.54, 1.807) is 7.11 Å². The van der Waals surface area contributed by atoms with Crippen molar-refractivity contribution in [2.24, 2.45) is 0 Å². The number of methoxy groups -OCH3 is 1. The van der Waals surface area contributed by atoms with Crippen LogP contribution in [0.1, 0.15) is 20.8 Å². The van der Waals surface area contributed by atoms with Crippen molar-refractivity contribution in [2.45, 2.75) is 26.3 Å². The number of likely N-dealkylation sites (N-methyl/N-ethyl adjacent to an activating group) is 1. The number of ether oxygens (including phenoxy) is 1. The molecule has 3 nitrogen and oxygen atoms in total. The molecule has 0 radical (unpaired) electrons. The van der Waals surface area contributed by atoms with Crippen LogP contribution in [0.4, 0.5) is 0 Å². The van der Waals surface area contributed by atoms with Crippen molar-refractivity contribution in [3.63, 3.8) is 0 Å². The fourth-order valence-electron chi connectivity index (χ4n) is 1.12. The van der Waals surface area contributed by atoms with Crippen LogP contribution in [0, 0.1) is 0 Å². The average Bonchev–Trinajstić information content (AvgIpc) is 1.98. The van der Waals surface area contributed by atoms with Gasteiger partial charge < -0.3 is 15.4 Å². The standard InChI is InChI=1S/C9H22N2O/c1-5-11-9(2,3)8-10-6-7-12-4/h10-11H,5-8H2,1-4H3. The van der Waals surface area contributed by atoms with E-state index in [9.17, 15) is 0 Å². The van der Waals surface area contributed by atoms with E-state index >= 15 is 0 Å². The van der Waals surface area contributed by atoms with E-state index in [2.05, 4.69) is 31.4 Å². The quantitative estimate of drug-likeness (QED) is 0.555. The molecule has 12 heavy (non-hydrogen) atoms. The second-order valence-electron chi connectivity index (χ2n) is 3.58. The number of hydrogen-bond donors (Lipinski definition) is 2. The predicted octanol–water partition coefficient (Wildman–Crippen LogP) is 0.611. The molecule has 0 bridgehead atoms. The highest BCUT2D eigenvalue weighted by molar-refractivity contribution is 4.78. The van der Waals surface area contributed by atoms with Crippen LogP contribution in [0.3, 0.4) is 0 Å². The lowest BCUT2D eigenvalue weighted by Crippen LogP contribution is -2.48. The van der Waals surface area contributed by atoms with E-state index in [1.165, 1.54) is 0 Å². The molecule has 0 amide bonds. The molecule has 0 rings (SSSR count). The summed E-state index contributed by atoms with van der Waals surface area (Å²) >= 11 is 0. The Labute approximate surface area is 75.9 Å². The van der Waals surface area contributed by atoms with Crippen LogP contribution in [0.2, 0.25) is 0 Å². The molecule has 0 saturated carbocycles. The SMILES string of the molecule is CCNC(C)(C)CNCCOC. The van der Waals surface area contributed by atoms with Crippen molar-refractivity contribution >= 4 is 0 Å². The molecule has 0 atom stereocenters. The summed E-state index contributed by atoms with van der Waals surface area (Å²) in [6.45, 7) is 10.2. The van der Waals surface area contributed by atoms with Gasteiger partial charge in [0.15, 0.2) is 0 Å². The molecule has 0 spiro atoms. The third-order valence-corrected chi connectivity index (χ3v) is 1.71. The van der Waals surface area contributed by atoms with Crippen molar-refractivity contribution in [3.8, 4) is 0 Å². The molecule has 2 N–H and O–H groups in total. The van der Waals surface area contributed by atoms with Gasteiger partial charge in [-0.05, 0) is 20.4 Å². The van der Waals surface area contributed by atoms with Gasteiger partial charge >= 0.3 is 0 Å². The topological polar surface area (TPSA) is 33.3 Å². The maximum Gasteiger partial charge on any atom is 0.0587 e. The van der Waals surface area contributed by atoms with Crippen molar-refractivity contribution < 1.29 is 4.74 Å². The highest BCUT2D eigenvalue weighted by Gasteiger charge is 2.14. The van der Waals surface area contributed by atoms with Crippen LogP contribution in [-0.2, 0) is 4.74 Å². The number of hydrogen-bond acceptors (Lipinski definition) is 3. The maximum atomic E-state index is 4.93. The van der Waals surface area contributed by atoms with E-state index in [0.29, 0.717) is 0 Å². The lowest BCUT2D eigenvalue weighted by atomic mass is 10.1. The van der Waals surface area contributed by atoms with Crippen molar-refractivity contribution in [1.29, 1.82) is 0 Å². The first kappa shape index (κ1) is 11.9. The Hall–Kier alpha value is -0.120. The van der Waals surface area contributed by atoms with Gasteiger partial charge in [0.25, 0.3) is 0 Å². The minimum Gasteiger partial charge on any atom is -0.383 e. The van der Waals surface area contributed by atoms with Crippen molar-refractivity contribution in [3.05, 3.63) is 0 Å². The fourth-order valence-corrected chi connectivity index (χ4v) is 1.12. The number of nitrogens with one attached hydrogen (secondary N) is 2. The van der Waals surface area contributed by atoms with Crippen LogP contribution >= 0.6 is 0 Å². The summed E-state index contributed by atoms with van der Waals surface area (Å²) in [7, 11) is 1.72. The monoisotopic (exact) mass is 174 g/mol. The normalized spacial score (nSPS) is 12.0. The molecule has 0 aromatic carbocycles. The van der Waals surface area contributed by atoms with Gasteiger partial charge in [0.05, 0.1) is 6.61 Å². The lowest BCUT2D eigenvalue weighted by molar-refractivity contribution is 0.196. The van der Waals surface area contributed by atoms with Crippen LogP contribution in [0.25, 0.3) is 0 Å². The summed E-state index contributed by atoms with van der Waals surface area (Å²) in [5.41, 5.74) is 0.183. The van der Waals surface area contributed by atoms with Crippen molar-refractivity contribution in [1.82, 2.24) is 10.6 Å². The third-order valence-electron chi connectivity index (χ3n) is 1.71. The van der Waals surface area contributed by atoms with Crippen LogP contribution in [0.15, 0.2) is 0 Å². The Bertz CT molecular complexity index is 105. The molecular weight excluding hydrogens is 152 g/mol. The molecule has 0 aromatic rings. The Kier molecular flexibility index (Phi) is 6.34. The largest absolute Gasteiger partial charge is 0.383 e. The zero-order chi connectivity index (χ0) is 9.45. The zero-order valence-corrected chi connectivity index (χ0v) is 8.74. The second kappa shape index (κ2) is 6.40. The first-order chi connectivity index (χ1) is 5.62. The van der Waals surface area contributed by atoms with E-state index in [4.69, 9.17) is 4.74 Å². The maximum absolute atomic E-state index is 4.93. The van der Waals surface area contributed by atoms with Gasteiger partial charge in [-0.2, -0.15) is 0 Å². The van der Waals surface area contributed by atoms with E-state index < -0.39 is 0 Å². The summed E-state index contributed by atoms with van der Waals surface area (Å²) in [6.07, 6.45) is 0. The molecule has 0 unspecified atom stereocenters. The molecule has 0 aromatic heterocycles. The molecule has 3 heteroatoms. The molecule has 0 heterocycles. The predicted molar refractivity (Wildman–Crippen MR) is 52.5 cm³/mol.